The standard InChI is InChI=1S/C12H22N2/c1-4-6-7-12(5-2)10-14-9-8-11(3)13-14/h8-9,12H,4-7,10H2,1-3H3. The molecule has 0 saturated carbocycles. The normalized spacial score (nSPS) is 13.1. The fourth-order valence-electron chi connectivity index (χ4n) is 1.75. The zero-order chi connectivity index (χ0) is 10.4. The van der Waals surface area contributed by atoms with E-state index in [-0.39, 0.29) is 0 Å². The van der Waals surface area contributed by atoms with Crippen LogP contribution in [0.15, 0.2) is 12.3 Å². The topological polar surface area (TPSA) is 17.8 Å². The summed E-state index contributed by atoms with van der Waals surface area (Å²) >= 11 is 0. The Hall–Kier alpha value is -0.790. The van der Waals surface area contributed by atoms with E-state index in [0.29, 0.717) is 0 Å². The van der Waals surface area contributed by atoms with Gasteiger partial charge in [-0.05, 0) is 25.3 Å². The van der Waals surface area contributed by atoms with Crippen LogP contribution in [0.2, 0.25) is 0 Å². The molecule has 2 heteroatoms. The summed E-state index contributed by atoms with van der Waals surface area (Å²) < 4.78 is 2.08. The molecule has 0 fully saturated rings. The first-order valence-electron chi connectivity index (χ1n) is 5.76. The lowest BCUT2D eigenvalue weighted by atomic mass is 10.00. The van der Waals surface area contributed by atoms with E-state index in [2.05, 4.69) is 35.9 Å². The number of hydrogen-bond donors (Lipinski definition) is 0. The Bertz CT molecular complexity index is 253. The van der Waals surface area contributed by atoms with Gasteiger partial charge in [-0.2, -0.15) is 5.10 Å². The average molecular weight is 194 g/mol. The molecule has 2 nitrogen and oxygen atoms in total. The summed E-state index contributed by atoms with van der Waals surface area (Å²) in [4.78, 5) is 0. The number of unbranched alkanes of at least 4 members (excludes halogenated alkanes) is 1. The van der Waals surface area contributed by atoms with Crippen molar-refractivity contribution in [3.05, 3.63) is 18.0 Å². The third kappa shape index (κ3) is 3.52. The van der Waals surface area contributed by atoms with Crippen molar-refractivity contribution in [3.63, 3.8) is 0 Å². The summed E-state index contributed by atoms with van der Waals surface area (Å²) in [5.74, 6) is 0.800. The van der Waals surface area contributed by atoms with E-state index in [0.717, 1.165) is 18.2 Å². The molecule has 1 aromatic heterocycles. The maximum Gasteiger partial charge on any atom is 0.0593 e. The van der Waals surface area contributed by atoms with E-state index < -0.39 is 0 Å². The van der Waals surface area contributed by atoms with Crippen LogP contribution in [-0.2, 0) is 6.54 Å². The van der Waals surface area contributed by atoms with Gasteiger partial charge in [-0.15, -0.1) is 0 Å². The molecule has 0 saturated heterocycles. The van der Waals surface area contributed by atoms with Gasteiger partial charge in [0, 0.05) is 12.7 Å². The Morgan fingerprint density at radius 2 is 2.21 bits per heavy atom. The highest BCUT2D eigenvalue weighted by molar-refractivity contribution is 4.94. The fraction of sp³-hybridized carbons (Fsp3) is 0.750. The third-order valence-electron chi connectivity index (χ3n) is 2.76. The lowest BCUT2D eigenvalue weighted by molar-refractivity contribution is 0.371. The van der Waals surface area contributed by atoms with Gasteiger partial charge >= 0.3 is 0 Å². The highest BCUT2D eigenvalue weighted by Crippen LogP contribution is 2.14. The van der Waals surface area contributed by atoms with Crippen LogP contribution in [0.3, 0.4) is 0 Å². The van der Waals surface area contributed by atoms with Gasteiger partial charge in [0.25, 0.3) is 0 Å². The lowest BCUT2D eigenvalue weighted by Gasteiger charge is -2.13. The predicted octanol–water partition coefficient (Wildman–Crippen LogP) is 3.41. The van der Waals surface area contributed by atoms with E-state index in [4.69, 9.17) is 0 Å². The van der Waals surface area contributed by atoms with Crippen molar-refractivity contribution in [1.29, 1.82) is 0 Å². The van der Waals surface area contributed by atoms with Crippen LogP contribution < -0.4 is 0 Å². The third-order valence-corrected chi connectivity index (χ3v) is 2.76. The van der Waals surface area contributed by atoms with Gasteiger partial charge in [0.1, 0.15) is 0 Å². The molecular weight excluding hydrogens is 172 g/mol. The van der Waals surface area contributed by atoms with Crippen LogP contribution >= 0.6 is 0 Å². The molecule has 14 heavy (non-hydrogen) atoms. The molecule has 0 aromatic carbocycles. The summed E-state index contributed by atoms with van der Waals surface area (Å²) in [6, 6.07) is 2.08. The van der Waals surface area contributed by atoms with Crippen molar-refractivity contribution in [1.82, 2.24) is 9.78 Å². The van der Waals surface area contributed by atoms with Gasteiger partial charge in [0.05, 0.1) is 5.69 Å². The maximum absolute atomic E-state index is 4.42. The van der Waals surface area contributed by atoms with Crippen molar-refractivity contribution >= 4 is 0 Å². The predicted molar refractivity (Wildman–Crippen MR) is 60.3 cm³/mol. The fourth-order valence-corrected chi connectivity index (χ4v) is 1.75. The van der Waals surface area contributed by atoms with Crippen LogP contribution in [-0.4, -0.2) is 9.78 Å². The number of hydrogen-bond acceptors (Lipinski definition) is 1. The molecule has 1 atom stereocenters. The second kappa shape index (κ2) is 5.84. The van der Waals surface area contributed by atoms with Gasteiger partial charge in [-0.25, -0.2) is 0 Å². The Kier molecular flexibility index (Phi) is 4.71. The molecule has 0 spiro atoms. The van der Waals surface area contributed by atoms with Crippen LogP contribution in [0.5, 0.6) is 0 Å². The van der Waals surface area contributed by atoms with Gasteiger partial charge in [0.2, 0.25) is 0 Å². The zero-order valence-electron chi connectivity index (χ0n) is 9.66. The van der Waals surface area contributed by atoms with Gasteiger partial charge in [0.15, 0.2) is 0 Å². The molecule has 0 aliphatic carbocycles. The molecule has 0 radical (unpaired) electrons. The molecule has 80 valence electrons. The van der Waals surface area contributed by atoms with Gasteiger partial charge < -0.3 is 0 Å². The minimum Gasteiger partial charge on any atom is -0.272 e. The molecule has 1 heterocycles. The molecule has 0 bridgehead atoms. The molecular formula is C12H22N2. The summed E-state index contributed by atoms with van der Waals surface area (Å²) in [6.45, 7) is 7.66. The first-order chi connectivity index (χ1) is 6.76. The maximum atomic E-state index is 4.42. The Balaban J connectivity index is 2.40. The van der Waals surface area contributed by atoms with E-state index in [9.17, 15) is 0 Å². The van der Waals surface area contributed by atoms with Gasteiger partial charge in [-0.1, -0.05) is 33.1 Å². The smallest absolute Gasteiger partial charge is 0.0593 e. The Morgan fingerprint density at radius 3 is 2.71 bits per heavy atom. The molecule has 1 rings (SSSR count). The molecule has 0 aliphatic heterocycles. The highest BCUT2D eigenvalue weighted by Gasteiger charge is 2.06. The lowest BCUT2D eigenvalue weighted by Crippen LogP contribution is -2.10. The summed E-state index contributed by atoms with van der Waals surface area (Å²) in [7, 11) is 0. The van der Waals surface area contributed by atoms with Crippen molar-refractivity contribution in [2.45, 2.75) is 53.0 Å². The first-order valence-corrected chi connectivity index (χ1v) is 5.76. The van der Waals surface area contributed by atoms with E-state index in [1.807, 2.05) is 6.92 Å². The van der Waals surface area contributed by atoms with Crippen LogP contribution in [0, 0.1) is 12.8 Å². The number of rotatable bonds is 6. The van der Waals surface area contributed by atoms with Crippen molar-refractivity contribution < 1.29 is 0 Å². The first kappa shape index (κ1) is 11.3. The van der Waals surface area contributed by atoms with Crippen molar-refractivity contribution in [3.8, 4) is 0 Å². The zero-order valence-corrected chi connectivity index (χ0v) is 9.66. The van der Waals surface area contributed by atoms with Crippen LogP contribution in [0.1, 0.15) is 45.2 Å². The number of aryl methyl sites for hydroxylation is 1. The molecule has 1 aromatic rings. The highest BCUT2D eigenvalue weighted by atomic mass is 15.3. The molecule has 0 amide bonds. The van der Waals surface area contributed by atoms with Crippen molar-refractivity contribution in [2.24, 2.45) is 5.92 Å². The van der Waals surface area contributed by atoms with E-state index in [1.165, 1.54) is 25.7 Å². The Morgan fingerprint density at radius 1 is 1.43 bits per heavy atom. The SMILES string of the molecule is CCCCC(CC)Cn1ccc(C)n1. The Labute approximate surface area is 87.3 Å². The second-order valence-corrected chi connectivity index (χ2v) is 4.10. The average Bonchev–Trinajstić information content (AvgIpc) is 2.58. The second-order valence-electron chi connectivity index (χ2n) is 4.10. The number of aromatic nitrogens is 2. The monoisotopic (exact) mass is 194 g/mol. The minimum atomic E-state index is 0.800. The molecule has 0 aliphatic rings. The van der Waals surface area contributed by atoms with E-state index >= 15 is 0 Å². The summed E-state index contributed by atoms with van der Waals surface area (Å²) in [6.07, 6.45) is 7.34. The summed E-state index contributed by atoms with van der Waals surface area (Å²) in [5.41, 5.74) is 1.12. The van der Waals surface area contributed by atoms with Crippen molar-refractivity contribution in [2.75, 3.05) is 0 Å². The van der Waals surface area contributed by atoms with Gasteiger partial charge in [-0.3, -0.25) is 4.68 Å². The largest absolute Gasteiger partial charge is 0.272 e. The van der Waals surface area contributed by atoms with Crippen LogP contribution in [0.4, 0.5) is 0 Å². The molecule has 0 N–H and O–H groups in total. The van der Waals surface area contributed by atoms with Crippen LogP contribution in [0.25, 0.3) is 0 Å². The minimum absolute atomic E-state index is 0.800. The summed E-state index contributed by atoms with van der Waals surface area (Å²) in [5, 5.41) is 4.42. The number of nitrogens with zero attached hydrogens (tertiary/aromatic N) is 2. The molecule has 1 unspecified atom stereocenters. The van der Waals surface area contributed by atoms with E-state index in [1.54, 1.807) is 0 Å². The quantitative estimate of drug-likeness (QED) is 0.678.